The molecular weight excluding hydrogens is 148 g/mol. The molecule has 0 aromatic rings. The van der Waals surface area contributed by atoms with E-state index in [1.807, 2.05) is 6.92 Å². The quantitative estimate of drug-likeness (QED) is 0.373. The molecule has 0 saturated heterocycles. The molecule has 0 aromatic heterocycles. The van der Waals surface area contributed by atoms with Crippen molar-refractivity contribution in [2.24, 2.45) is 0 Å². The molecule has 0 bridgehead atoms. The van der Waals surface area contributed by atoms with E-state index in [2.05, 4.69) is 4.74 Å². The Morgan fingerprint density at radius 1 is 1.67 bits per heavy atom. The molecule has 0 spiro atoms. The monoisotopic (exact) mass is 160 g/mol. The van der Waals surface area contributed by atoms with Gasteiger partial charge in [-0.05, 0) is 6.42 Å². The number of hydrogen-bond donors (Lipinski definition) is 1. The average Bonchev–Trinajstić information content (AvgIpc) is 1.66. The van der Waals surface area contributed by atoms with Crippen molar-refractivity contribution in [3.05, 3.63) is 0 Å². The Bertz CT molecular complexity index is 74.6. The van der Waals surface area contributed by atoms with Gasteiger partial charge in [0, 0.05) is 0 Å². The molecule has 0 fully saturated rings. The zero-order valence-electron chi connectivity index (χ0n) is 4.89. The van der Waals surface area contributed by atoms with Crippen molar-refractivity contribution >= 4 is 43.9 Å². The summed E-state index contributed by atoms with van der Waals surface area (Å²) in [5.74, 6) is 0. The summed E-state index contributed by atoms with van der Waals surface area (Å²) in [6.45, 7) is 2.30. The van der Waals surface area contributed by atoms with Crippen molar-refractivity contribution in [3.8, 4) is 0 Å². The van der Waals surface area contributed by atoms with Crippen molar-refractivity contribution in [2.75, 3.05) is 6.61 Å². The maximum atomic E-state index is 9.65. The molecule has 3 nitrogen and oxygen atoms in total. The van der Waals surface area contributed by atoms with Crippen LogP contribution < -0.4 is 0 Å². The second-order valence-electron chi connectivity index (χ2n) is 1.47. The van der Waals surface area contributed by atoms with Crippen molar-refractivity contribution in [2.45, 2.75) is 19.8 Å². The van der Waals surface area contributed by atoms with Gasteiger partial charge < -0.3 is 9.84 Å². The summed E-state index contributed by atoms with van der Waals surface area (Å²) < 4.78 is 4.20. The molecule has 9 heavy (non-hydrogen) atoms. The van der Waals surface area contributed by atoms with Gasteiger partial charge in [-0.3, -0.25) is 0 Å². The predicted molar refractivity (Wildman–Crippen MR) is 37.4 cm³/mol. The number of hydrogen-bond acceptors (Lipinski definition) is 2. The summed E-state index contributed by atoms with van der Waals surface area (Å²) >= 11 is 0. The molecular formula is C5H12CaO3. The Labute approximate surface area is 84.4 Å². The summed E-state index contributed by atoms with van der Waals surface area (Å²) in [6, 6.07) is 0. The van der Waals surface area contributed by atoms with E-state index in [9.17, 15) is 4.79 Å². The summed E-state index contributed by atoms with van der Waals surface area (Å²) in [5, 5.41) is 7.92. The molecule has 52 valence electrons. The predicted octanol–water partition coefficient (Wildman–Crippen LogP) is 0.565. The SMILES string of the molecule is CCCCOC(=O)O.[CaH2]. The standard InChI is InChI=1S/C5H10O3.Ca.2H/c1-2-3-4-8-5(6)7;;;/h2-4H2,1H3,(H,6,7);;;. The Morgan fingerprint density at radius 2 is 2.22 bits per heavy atom. The summed E-state index contributed by atoms with van der Waals surface area (Å²) in [7, 11) is 0. The first kappa shape index (κ1) is 12.2. The summed E-state index contributed by atoms with van der Waals surface area (Å²) in [5.41, 5.74) is 0. The van der Waals surface area contributed by atoms with Crippen molar-refractivity contribution in [1.29, 1.82) is 0 Å². The van der Waals surface area contributed by atoms with E-state index in [0.29, 0.717) is 6.61 Å². The van der Waals surface area contributed by atoms with Crippen LogP contribution >= 0.6 is 0 Å². The van der Waals surface area contributed by atoms with E-state index in [1.54, 1.807) is 0 Å². The molecule has 0 aliphatic heterocycles. The second-order valence-corrected chi connectivity index (χ2v) is 1.47. The van der Waals surface area contributed by atoms with Gasteiger partial charge in [-0.1, -0.05) is 13.3 Å². The Morgan fingerprint density at radius 3 is 2.56 bits per heavy atom. The van der Waals surface area contributed by atoms with Crippen molar-refractivity contribution in [3.63, 3.8) is 0 Å². The summed E-state index contributed by atoms with van der Waals surface area (Å²) in [6.07, 6.45) is 0.595. The first-order valence-electron chi connectivity index (χ1n) is 2.63. The molecule has 0 rings (SSSR count). The van der Waals surface area contributed by atoms with Gasteiger partial charge in [-0.15, -0.1) is 0 Å². The zero-order valence-corrected chi connectivity index (χ0v) is 4.89. The van der Waals surface area contributed by atoms with Crippen LogP contribution in [-0.2, 0) is 4.74 Å². The van der Waals surface area contributed by atoms with Gasteiger partial charge in [0.15, 0.2) is 0 Å². The van der Waals surface area contributed by atoms with E-state index >= 15 is 0 Å². The van der Waals surface area contributed by atoms with Gasteiger partial charge in [-0.25, -0.2) is 4.79 Å². The Kier molecular flexibility index (Phi) is 11.6. The van der Waals surface area contributed by atoms with Gasteiger partial charge in [0.05, 0.1) is 6.61 Å². The van der Waals surface area contributed by atoms with Gasteiger partial charge in [0.1, 0.15) is 0 Å². The molecule has 0 radical (unpaired) electrons. The molecule has 0 unspecified atom stereocenters. The van der Waals surface area contributed by atoms with E-state index in [4.69, 9.17) is 5.11 Å². The minimum atomic E-state index is -1.18. The van der Waals surface area contributed by atoms with Crippen molar-refractivity contribution < 1.29 is 14.6 Å². The Balaban J connectivity index is 0. The van der Waals surface area contributed by atoms with Crippen molar-refractivity contribution in [1.82, 2.24) is 0 Å². The van der Waals surface area contributed by atoms with Crippen LogP contribution in [0, 0.1) is 0 Å². The number of carboxylic acid groups (broad SMARTS) is 1. The molecule has 4 heteroatoms. The molecule has 0 aliphatic rings. The fourth-order valence-corrected chi connectivity index (χ4v) is 0.304. The Hall–Kier alpha value is 0.530. The second kappa shape index (κ2) is 8.53. The molecule has 0 heterocycles. The van der Waals surface area contributed by atoms with E-state index in [-0.39, 0.29) is 37.7 Å². The van der Waals surface area contributed by atoms with Crippen LogP contribution in [0.25, 0.3) is 0 Å². The van der Waals surface area contributed by atoms with Gasteiger partial charge in [0.2, 0.25) is 0 Å². The number of carbonyl (C=O) groups is 1. The zero-order chi connectivity index (χ0) is 6.41. The molecule has 0 atom stereocenters. The van der Waals surface area contributed by atoms with Crippen LogP contribution in [0.4, 0.5) is 4.79 Å². The van der Waals surface area contributed by atoms with Crippen LogP contribution in [0.1, 0.15) is 19.8 Å². The minimum absolute atomic E-state index is 0. The summed E-state index contributed by atoms with van der Waals surface area (Å²) in [4.78, 5) is 9.65. The molecule has 1 N–H and O–H groups in total. The fourth-order valence-electron chi connectivity index (χ4n) is 0.304. The van der Waals surface area contributed by atoms with E-state index < -0.39 is 6.16 Å². The van der Waals surface area contributed by atoms with Crippen LogP contribution in [0.15, 0.2) is 0 Å². The molecule has 0 saturated carbocycles. The number of rotatable bonds is 3. The molecule has 0 amide bonds. The fraction of sp³-hybridized carbons (Fsp3) is 0.800. The van der Waals surface area contributed by atoms with E-state index in [0.717, 1.165) is 12.8 Å². The molecule has 0 aliphatic carbocycles. The first-order valence-corrected chi connectivity index (χ1v) is 2.63. The third kappa shape index (κ3) is 11.9. The van der Waals surface area contributed by atoms with Crippen LogP contribution in [0.3, 0.4) is 0 Å². The topological polar surface area (TPSA) is 46.5 Å². The number of unbranched alkanes of at least 4 members (excludes halogenated alkanes) is 1. The average molecular weight is 160 g/mol. The van der Waals surface area contributed by atoms with Crippen LogP contribution in [0.2, 0.25) is 0 Å². The molecule has 0 aromatic carbocycles. The number of ether oxygens (including phenoxy) is 1. The maximum absolute atomic E-state index is 9.65. The van der Waals surface area contributed by atoms with Gasteiger partial charge >= 0.3 is 43.9 Å². The van der Waals surface area contributed by atoms with Crippen LogP contribution in [-0.4, -0.2) is 55.6 Å². The first-order chi connectivity index (χ1) is 3.77. The normalized spacial score (nSPS) is 7.67. The van der Waals surface area contributed by atoms with Gasteiger partial charge in [-0.2, -0.15) is 0 Å². The third-order valence-electron chi connectivity index (χ3n) is 0.723. The third-order valence-corrected chi connectivity index (χ3v) is 0.723. The van der Waals surface area contributed by atoms with E-state index in [1.165, 1.54) is 0 Å². The van der Waals surface area contributed by atoms with Gasteiger partial charge in [0.25, 0.3) is 0 Å². The van der Waals surface area contributed by atoms with Crippen LogP contribution in [0.5, 0.6) is 0 Å².